The first-order valence-corrected chi connectivity index (χ1v) is 6.67. The second kappa shape index (κ2) is 6.72. The molecule has 0 saturated heterocycles. The molecular formula is C16H15F4N. The van der Waals surface area contributed by atoms with Crippen LogP contribution in [-0.2, 0) is 6.54 Å². The van der Waals surface area contributed by atoms with Gasteiger partial charge in [0, 0.05) is 18.2 Å². The van der Waals surface area contributed by atoms with E-state index in [9.17, 15) is 17.6 Å². The van der Waals surface area contributed by atoms with E-state index < -0.39 is 23.3 Å². The minimum Gasteiger partial charge on any atom is -0.313 e. The number of nitrogens with one attached hydrogen (secondary N) is 1. The molecule has 112 valence electrons. The average Bonchev–Trinajstić information content (AvgIpc) is 2.45. The number of rotatable bonds is 5. The van der Waals surface area contributed by atoms with Gasteiger partial charge in [0.25, 0.3) is 0 Å². The third-order valence-corrected chi connectivity index (χ3v) is 3.11. The van der Waals surface area contributed by atoms with Crippen LogP contribution in [0.3, 0.4) is 0 Å². The van der Waals surface area contributed by atoms with Crippen molar-refractivity contribution in [1.29, 1.82) is 0 Å². The Bertz CT molecular complexity index is 640. The lowest BCUT2D eigenvalue weighted by atomic mass is 9.98. The van der Waals surface area contributed by atoms with Crippen LogP contribution in [0.15, 0.2) is 30.3 Å². The Morgan fingerprint density at radius 2 is 1.57 bits per heavy atom. The Morgan fingerprint density at radius 3 is 2.29 bits per heavy atom. The number of hydrogen-bond acceptors (Lipinski definition) is 1. The standard InChI is InChI=1S/C16H15F4N/c1-2-5-21-9-10-3-4-11(17)6-12(10)13-7-15(19)16(20)8-14(13)18/h3-4,6-8,21H,2,5,9H2,1H3. The molecule has 0 aliphatic heterocycles. The lowest BCUT2D eigenvalue weighted by molar-refractivity contribution is 0.496. The third-order valence-electron chi connectivity index (χ3n) is 3.11. The van der Waals surface area contributed by atoms with Gasteiger partial charge in [-0.3, -0.25) is 0 Å². The lowest BCUT2D eigenvalue weighted by Gasteiger charge is -2.12. The zero-order valence-electron chi connectivity index (χ0n) is 11.5. The van der Waals surface area contributed by atoms with Gasteiger partial charge in [-0.25, -0.2) is 17.6 Å². The first kappa shape index (κ1) is 15.5. The molecule has 1 N–H and O–H groups in total. The third kappa shape index (κ3) is 3.61. The molecule has 5 heteroatoms. The predicted molar refractivity (Wildman–Crippen MR) is 73.7 cm³/mol. The molecule has 0 amide bonds. The molecule has 0 heterocycles. The van der Waals surface area contributed by atoms with Crippen LogP contribution in [0.1, 0.15) is 18.9 Å². The van der Waals surface area contributed by atoms with Crippen LogP contribution in [-0.4, -0.2) is 6.54 Å². The second-order valence-corrected chi connectivity index (χ2v) is 4.72. The zero-order chi connectivity index (χ0) is 15.4. The van der Waals surface area contributed by atoms with Gasteiger partial charge in [-0.2, -0.15) is 0 Å². The maximum absolute atomic E-state index is 13.9. The quantitative estimate of drug-likeness (QED) is 0.490. The topological polar surface area (TPSA) is 12.0 Å². The van der Waals surface area contributed by atoms with Crippen LogP contribution >= 0.6 is 0 Å². The Balaban J connectivity index is 2.46. The molecule has 0 bridgehead atoms. The molecule has 0 saturated carbocycles. The van der Waals surface area contributed by atoms with Crippen LogP contribution in [0.4, 0.5) is 17.6 Å². The van der Waals surface area contributed by atoms with E-state index in [0.717, 1.165) is 25.1 Å². The minimum absolute atomic E-state index is 0.151. The van der Waals surface area contributed by atoms with Gasteiger partial charge in [-0.05, 0) is 42.3 Å². The van der Waals surface area contributed by atoms with E-state index in [1.54, 1.807) is 0 Å². The highest BCUT2D eigenvalue weighted by molar-refractivity contribution is 5.68. The molecule has 0 spiro atoms. The van der Waals surface area contributed by atoms with Crippen molar-refractivity contribution in [3.63, 3.8) is 0 Å². The largest absolute Gasteiger partial charge is 0.313 e. The molecule has 0 fully saturated rings. The predicted octanol–water partition coefficient (Wildman–Crippen LogP) is 4.41. The highest BCUT2D eigenvalue weighted by atomic mass is 19.2. The lowest BCUT2D eigenvalue weighted by Crippen LogP contribution is -2.14. The molecular weight excluding hydrogens is 282 g/mol. The van der Waals surface area contributed by atoms with Crippen LogP contribution < -0.4 is 5.32 Å². The van der Waals surface area contributed by atoms with Gasteiger partial charge >= 0.3 is 0 Å². The monoisotopic (exact) mass is 297 g/mol. The van der Waals surface area contributed by atoms with E-state index in [4.69, 9.17) is 0 Å². The molecule has 0 radical (unpaired) electrons. The normalized spacial score (nSPS) is 10.9. The van der Waals surface area contributed by atoms with Gasteiger partial charge in [0.15, 0.2) is 11.6 Å². The Hall–Kier alpha value is -1.88. The summed E-state index contributed by atoms with van der Waals surface area (Å²) in [6, 6.07) is 5.11. The summed E-state index contributed by atoms with van der Waals surface area (Å²) < 4.78 is 53.6. The summed E-state index contributed by atoms with van der Waals surface area (Å²) in [7, 11) is 0. The fourth-order valence-corrected chi connectivity index (χ4v) is 2.08. The van der Waals surface area contributed by atoms with E-state index in [2.05, 4.69) is 5.32 Å². The van der Waals surface area contributed by atoms with Crippen LogP contribution in [0.25, 0.3) is 11.1 Å². The molecule has 0 aromatic heterocycles. The zero-order valence-corrected chi connectivity index (χ0v) is 11.5. The number of hydrogen-bond donors (Lipinski definition) is 1. The van der Waals surface area contributed by atoms with Crippen molar-refractivity contribution in [3.8, 4) is 11.1 Å². The van der Waals surface area contributed by atoms with Gasteiger partial charge in [0.05, 0.1) is 0 Å². The summed E-state index contributed by atoms with van der Waals surface area (Å²) in [6.45, 7) is 3.13. The fourth-order valence-electron chi connectivity index (χ4n) is 2.08. The van der Waals surface area contributed by atoms with Crippen LogP contribution in [0, 0.1) is 23.3 Å². The number of halogens is 4. The minimum atomic E-state index is -1.27. The smallest absolute Gasteiger partial charge is 0.161 e. The number of benzene rings is 2. The maximum Gasteiger partial charge on any atom is 0.161 e. The Labute approximate surface area is 120 Å². The Kier molecular flexibility index (Phi) is 4.96. The average molecular weight is 297 g/mol. The molecule has 21 heavy (non-hydrogen) atoms. The van der Waals surface area contributed by atoms with Crippen molar-refractivity contribution >= 4 is 0 Å². The summed E-state index contributed by atoms with van der Waals surface area (Å²) in [6.07, 6.45) is 0.913. The summed E-state index contributed by atoms with van der Waals surface area (Å²) in [4.78, 5) is 0. The van der Waals surface area contributed by atoms with Crippen molar-refractivity contribution in [2.45, 2.75) is 19.9 Å². The van der Waals surface area contributed by atoms with Gasteiger partial charge in [-0.1, -0.05) is 13.0 Å². The van der Waals surface area contributed by atoms with Crippen molar-refractivity contribution in [3.05, 3.63) is 59.2 Å². The molecule has 0 aliphatic carbocycles. The molecule has 0 atom stereocenters. The van der Waals surface area contributed by atoms with Gasteiger partial charge in [-0.15, -0.1) is 0 Å². The van der Waals surface area contributed by atoms with E-state index in [0.29, 0.717) is 18.2 Å². The van der Waals surface area contributed by atoms with Gasteiger partial charge < -0.3 is 5.32 Å². The van der Waals surface area contributed by atoms with E-state index in [1.807, 2.05) is 6.92 Å². The van der Waals surface area contributed by atoms with Crippen molar-refractivity contribution in [1.82, 2.24) is 5.32 Å². The highest BCUT2D eigenvalue weighted by Gasteiger charge is 2.15. The van der Waals surface area contributed by atoms with E-state index in [-0.39, 0.29) is 11.1 Å². The molecule has 2 rings (SSSR count). The Morgan fingerprint density at radius 1 is 0.857 bits per heavy atom. The molecule has 1 nitrogen and oxygen atoms in total. The van der Waals surface area contributed by atoms with E-state index in [1.165, 1.54) is 12.1 Å². The summed E-state index contributed by atoms with van der Waals surface area (Å²) >= 11 is 0. The molecule has 0 aliphatic rings. The van der Waals surface area contributed by atoms with Crippen molar-refractivity contribution < 1.29 is 17.6 Å². The van der Waals surface area contributed by atoms with Crippen molar-refractivity contribution in [2.24, 2.45) is 0 Å². The van der Waals surface area contributed by atoms with E-state index >= 15 is 0 Å². The molecule has 0 unspecified atom stereocenters. The van der Waals surface area contributed by atoms with Crippen molar-refractivity contribution in [2.75, 3.05) is 6.54 Å². The van der Waals surface area contributed by atoms with Gasteiger partial charge in [0.1, 0.15) is 11.6 Å². The first-order chi connectivity index (χ1) is 10.0. The van der Waals surface area contributed by atoms with Crippen LogP contribution in [0.5, 0.6) is 0 Å². The summed E-state index contributed by atoms with van der Waals surface area (Å²) in [5, 5.41) is 3.11. The maximum atomic E-state index is 13.9. The molecule has 2 aromatic rings. The van der Waals surface area contributed by atoms with Gasteiger partial charge in [0.2, 0.25) is 0 Å². The highest BCUT2D eigenvalue weighted by Crippen LogP contribution is 2.29. The summed E-state index contributed by atoms with van der Waals surface area (Å²) in [5.74, 6) is -3.91. The second-order valence-electron chi connectivity index (χ2n) is 4.72. The fraction of sp³-hybridized carbons (Fsp3) is 0.250. The SMILES string of the molecule is CCCNCc1ccc(F)cc1-c1cc(F)c(F)cc1F. The van der Waals surface area contributed by atoms with Crippen LogP contribution in [0.2, 0.25) is 0 Å². The first-order valence-electron chi connectivity index (χ1n) is 6.67. The summed E-state index contributed by atoms with van der Waals surface area (Å²) in [5.41, 5.74) is 0.687. The molecule has 2 aromatic carbocycles.